The van der Waals surface area contributed by atoms with Crippen LogP contribution in [0.2, 0.25) is 0 Å². The largest absolute Gasteiger partial charge is 0.396 e. The van der Waals surface area contributed by atoms with E-state index in [0.717, 1.165) is 30.7 Å². The fourth-order valence-corrected chi connectivity index (χ4v) is 2.28. The molecular weight excluding hydrogens is 248 g/mol. The number of thioether (sulfide) groups is 1. The Morgan fingerprint density at radius 1 is 1.33 bits per heavy atom. The van der Waals surface area contributed by atoms with Crippen molar-refractivity contribution in [3.05, 3.63) is 24.5 Å². The zero-order valence-electron chi connectivity index (χ0n) is 10.7. The monoisotopic (exact) mass is 268 g/mol. The highest BCUT2D eigenvalue weighted by atomic mass is 32.2. The molecule has 1 N–H and O–H groups in total. The third-order valence-electron chi connectivity index (χ3n) is 2.59. The van der Waals surface area contributed by atoms with E-state index in [1.54, 1.807) is 17.3 Å². The van der Waals surface area contributed by atoms with Crippen LogP contribution in [-0.2, 0) is 4.79 Å². The van der Waals surface area contributed by atoms with E-state index in [-0.39, 0.29) is 12.5 Å². The van der Waals surface area contributed by atoms with Gasteiger partial charge in [0.15, 0.2) is 0 Å². The van der Waals surface area contributed by atoms with Gasteiger partial charge in [-0.1, -0.05) is 0 Å². The van der Waals surface area contributed by atoms with Crippen molar-refractivity contribution in [1.29, 1.82) is 0 Å². The molecule has 0 saturated heterocycles. The smallest absolute Gasteiger partial charge is 0.232 e. The third-order valence-corrected chi connectivity index (χ3v) is 3.59. The van der Waals surface area contributed by atoms with Gasteiger partial charge in [0.1, 0.15) is 0 Å². The lowest BCUT2D eigenvalue weighted by Gasteiger charge is -2.16. The molecule has 4 nitrogen and oxygen atoms in total. The van der Waals surface area contributed by atoms with Gasteiger partial charge < -0.3 is 10.0 Å². The third kappa shape index (κ3) is 6.02. The molecule has 0 atom stereocenters. The first kappa shape index (κ1) is 15.0. The minimum Gasteiger partial charge on any atom is -0.396 e. The van der Waals surface area contributed by atoms with Gasteiger partial charge in [-0.3, -0.25) is 9.78 Å². The van der Waals surface area contributed by atoms with Crippen LogP contribution in [0.5, 0.6) is 0 Å². The van der Waals surface area contributed by atoms with E-state index in [0.29, 0.717) is 5.75 Å². The number of carbonyl (C=O) groups is 1. The fourth-order valence-electron chi connectivity index (χ4n) is 1.45. The second kappa shape index (κ2) is 8.94. The van der Waals surface area contributed by atoms with E-state index >= 15 is 0 Å². The van der Waals surface area contributed by atoms with Gasteiger partial charge >= 0.3 is 0 Å². The van der Waals surface area contributed by atoms with Crippen LogP contribution in [0.3, 0.4) is 0 Å². The predicted molar refractivity (Wildman–Crippen MR) is 73.5 cm³/mol. The number of hydrogen-bond acceptors (Lipinski definition) is 4. The van der Waals surface area contributed by atoms with Gasteiger partial charge in [0, 0.05) is 37.5 Å². The van der Waals surface area contributed by atoms with Crippen molar-refractivity contribution >= 4 is 17.7 Å². The van der Waals surface area contributed by atoms with E-state index < -0.39 is 0 Å². The van der Waals surface area contributed by atoms with Crippen LogP contribution in [0.15, 0.2) is 29.4 Å². The van der Waals surface area contributed by atoms with E-state index in [1.165, 1.54) is 11.8 Å². The molecule has 0 radical (unpaired) electrons. The Kier molecular flexibility index (Phi) is 7.44. The van der Waals surface area contributed by atoms with Gasteiger partial charge in [0.05, 0.1) is 5.75 Å². The van der Waals surface area contributed by atoms with Gasteiger partial charge in [-0.15, -0.1) is 11.8 Å². The lowest BCUT2D eigenvalue weighted by molar-refractivity contribution is -0.127. The molecule has 1 rings (SSSR count). The van der Waals surface area contributed by atoms with Crippen molar-refractivity contribution in [1.82, 2.24) is 9.88 Å². The van der Waals surface area contributed by atoms with Crippen molar-refractivity contribution < 1.29 is 9.90 Å². The number of rotatable bonds is 8. The van der Waals surface area contributed by atoms with E-state index in [1.807, 2.05) is 19.2 Å². The average Bonchev–Trinajstić information content (AvgIpc) is 2.42. The molecule has 1 aromatic heterocycles. The van der Waals surface area contributed by atoms with Gasteiger partial charge in [0.25, 0.3) is 0 Å². The molecule has 1 heterocycles. The number of aromatic nitrogens is 1. The SMILES string of the molecule is CN(CCCCCO)C(=O)CSc1ccncc1. The molecule has 0 aliphatic rings. The van der Waals surface area contributed by atoms with Crippen LogP contribution in [0.4, 0.5) is 0 Å². The van der Waals surface area contributed by atoms with Gasteiger partial charge in [-0.25, -0.2) is 0 Å². The van der Waals surface area contributed by atoms with Crippen LogP contribution in [0, 0.1) is 0 Å². The van der Waals surface area contributed by atoms with Crippen LogP contribution in [-0.4, -0.2) is 46.8 Å². The van der Waals surface area contributed by atoms with Crippen LogP contribution in [0.25, 0.3) is 0 Å². The number of hydrogen-bond donors (Lipinski definition) is 1. The van der Waals surface area contributed by atoms with Crippen LogP contribution >= 0.6 is 11.8 Å². The summed E-state index contributed by atoms with van der Waals surface area (Å²) >= 11 is 1.53. The topological polar surface area (TPSA) is 53.4 Å². The highest BCUT2D eigenvalue weighted by Gasteiger charge is 2.08. The van der Waals surface area contributed by atoms with Crippen molar-refractivity contribution in [3.63, 3.8) is 0 Å². The van der Waals surface area contributed by atoms with Crippen LogP contribution in [0.1, 0.15) is 19.3 Å². The van der Waals surface area contributed by atoms with Gasteiger partial charge in [-0.05, 0) is 31.4 Å². The lowest BCUT2D eigenvalue weighted by atomic mass is 10.2. The first-order chi connectivity index (χ1) is 8.74. The Balaban J connectivity index is 2.19. The fraction of sp³-hybridized carbons (Fsp3) is 0.538. The molecule has 0 bridgehead atoms. The zero-order valence-corrected chi connectivity index (χ0v) is 11.5. The summed E-state index contributed by atoms with van der Waals surface area (Å²) in [5, 5.41) is 8.66. The van der Waals surface area contributed by atoms with Crippen molar-refractivity contribution in [2.75, 3.05) is 26.0 Å². The molecule has 0 saturated carbocycles. The summed E-state index contributed by atoms with van der Waals surface area (Å²) in [5.41, 5.74) is 0. The number of carbonyl (C=O) groups excluding carboxylic acids is 1. The number of pyridine rings is 1. The second-order valence-corrected chi connectivity index (χ2v) is 5.12. The lowest BCUT2D eigenvalue weighted by Crippen LogP contribution is -2.29. The Morgan fingerprint density at radius 3 is 2.72 bits per heavy atom. The predicted octanol–water partition coefficient (Wildman–Crippen LogP) is 1.79. The maximum Gasteiger partial charge on any atom is 0.232 e. The molecule has 0 fully saturated rings. The number of aliphatic hydroxyl groups excluding tert-OH is 1. The molecule has 5 heteroatoms. The maximum absolute atomic E-state index is 11.8. The number of unbranched alkanes of at least 4 members (excludes halogenated alkanes) is 2. The highest BCUT2D eigenvalue weighted by Crippen LogP contribution is 2.16. The summed E-state index contributed by atoms with van der Waals surface area (Å²) in [6.07, 6.45) is 6.18. The Hall–Kier alpha value is -1.07. The molecule has 100 valence electrons. The quantitative estimate of drug-likeness (QED) is 0.577. The standard InChI is InChI=1S/C13H20N2O2S/c1-15(9-3-2-4-10-16)13(17)11-18-12-5-7-14-8-6-12/h5-8,16H,2-4,9-11H2,1H3. The van der Waals surface area contributed by atoms with Gasteiger partial charge in [-0.2, -0.15) is 0 Å². The van der Waals surface area contributed by atoms with Crippen LogP contribution < -0.4 is 0 Å². The molecule has 1 amide bonds. The number of aliphatic hydroxyl groups is 1. The average molecular weight is 268 g/mol. The Bertz CT molecular complexity index is 346. The molecule has 0 unspecified atom stereocenters. The van der Waals surface area contributed by atoms with Gasteiger partial charge in [0.2, 0.25) is 5.91 Å². The van der Waals surface area contributed by atoms with Crippen molar-refractivity contribution in [3.8, 4) is 0 Å². The van der Waals surface area contributed by atoms with E-state index in [2.05, 4.69) is 4.98 Å². The van der Waals surface area contributed by atoms with Crippen molar-refractivity contribution in [2.45, 2.75) is 24.2 Å². The summed E-state index contributed by atoms with van der Waals surface area (Å²) < 4.78 is 0. The zero-order chi connectivity index (χ0) is 13.2. The normalized spacial score (nSPS) is 10.3. The molecule has 18 heavy (non-hydrogen) atoms. The summed E-state index contributed by atoms with van der Waals surface area (Å²) in [7, 11) is 1.83. The summed E-state index contributed by atoms with van der Waals surface area (Å²) in [5.74, 6) is 0.598. The summed E-state index contributed by atoms with van der Waals surface area (Å²) in [6, 6.07) is 3.80. The summed E-state index contributed by atoms with van der Waals surface area (Å²) in [4.78, 5) is 18.6. The number of amides is 1. The summed E-state index contributed by atoms with van der Waals surface area (Å²) in [6.45, 7) is 0.991. The second-order valence-electron chi connectivity index (χ2n) is 4.07. The minimum atomic E-state index is 0.140. The maximum atomic E-state index is 11.8. The van der Waals surface area contributed by atoms with E-state index in [4.69, 9.17) is 5.11 Å². The number of nitrogens with zero attached hydrogens (tertiary/aromatic N) is 2. The molecule has 0 aromatic carbocycles. The molecular formula is C13H20N2O2S. The van der Waals surface area contributed by atoms with Crippen molar-refractivity contribution in [2.24, 2.45) is 0 Å². The van der Waals surface area contributed by atoms with E-state index in [9.17, 15) is 4.79 Å². The molecule has 0 spiro atoms. The molecule has 1 aromatic rings. The highest BCUT2D eigenvalue weighted by molar-refractivity contribution is 8.00. The first-order valence-corrected chi connectivity index (χ1v) is 7.10. The Morgan fingerprint density at radius 2 is 2.06 bits per heavy atom. The minimum absolute atomic E-state index is 0.140. The Labute approximate surface area is 112 Å². The molecule has 0 aliphatic heterocycles. The first-order valence-electron chi connectivity index (χ1n) is 6.11. The molecule has 0 aliphatic carbocycles.